The Kier molecular flexibility index (Phi) is 6.38. The van der Waals surface area contributed by atoms with Crippen LogP contribution in [0.4, 0.5) is 22.0 Å². The fourth-order valence-corrected chi connectivity index (χ4v) is 4.12. The monoisotopic (exact) mass is 443 g/mol. The summed E-state index contributed by atoms with van der Waals surface area (Å²) in [5.41, 5.74) is 2.51. The Hall–Kier alpha value is -2.71. The first-order valence-corrected chi connectivity index (χ1v) is 10.8. The SMILES string of the molecule is Cc1cc(Nc2cc(C)[nH]n2)nc(N(C)C2CCN(Cc3cccc(Cl)c3F)CC2)n1. The van der Waals surface area contributed by atoms with E-state index in [1.54, 1.807) is 18.2 Å². The smallest absolute Gasteiger partial charge is 0.227 e. The molecular weight excluding hydrogens is 417 g/mol. The van der Waals surface area contributed by atoms with Gasteiger partial charge in [0.15, 0.2) is 5.82 Å². The van der Waals surface area contributed by atoms with E-state index in [1.807, 2.05) is 33.0 Å². The summed E-state index contributed by atoms with van der Waals surface area (Å²) in [5.74, 6) is 1.82. The van der Waals surface area contributed by atoms with Gasteiger partial charge in [0.1, 0.15) is 11.6 Å². The molecule has 1 aliphatic heterocycles. The number of piperidine rings is 1. The highest BCUT2D eigenvalue weighted by Gasteiger charge is 2.25. The van der Waals surface area contributed by atoms with Crippen molar-refractivity contribution in [1.82, 2.24) is 25.1 Å². The van der Waals surface area contributed by atoms with Gasteiger partial charge in [-0.15, -0.1) is 0 Å². The van der Waals surface area contributed by atoms with E-state index in [1.165, 1.54) is 0 Å². The molecule has 0 bridgehead atoms. The molecule has 7 nitrogen and oxygen atoms in total. The van der Waals surface area contributed by atoms with Crippen LogP contribution in [0.3, 0.4) is 0 Å². The lowest BCUT2D eigenvalue weighted by Gasteiger charge is -2.37. The van der Waals surface area contributed by atoms with Gasteiger partial charge in [-0.3, -0.25) is 10.00 Å². The second-order valence-electron chi connectivity index (χ2n) is 8.09. The number of anilines is 3. The molecule has 0 aliphatic carbocycles. The Morgan fingerprint density at radius 3 is 2.68 bits per heavy atom. The molecule has 2 N–H and O–H groups in total. The third-order valence-electron chi connectivity index (χ3n) is 5.65. The van der Waals surface area contributed by atoms with Crippen molar-refractivity contribution < 1.29 is 4.39 Å². The minimum absolute atomic E-state index is 0.179. The van der Waals surface area contributed by atoms with Crippen molar-refractivity contribution in [3.05, 3.63) is 58.1 Å². The summed E-state index contributed by atoms with van der Waals surface area (Å²) < 4.78 is 14.2. The van der Waals surface area contributed by atoms with Crippen LogP contribution < -0.4 is 10.2 Å². The molecule has 9 heteroatoms. The largest absolute Gasteiger partial charge is 0.341 e. The molecule has 0 spiro atoms. The quantitative estimate of drug-likeness (QED) is 0.586. The maximum Gasteiger partial charge on any atom is 0.227 e. The van der Waals surface area contributed by atoms with Crippen molar-refractivity contribution in [3.63, 3.8) is 0 Å². The summed E-state index contributed by atoms with van der Waals surface area (Å²) in [6.45, 7) is 6.24. The van der Waals surface area contributed by atoms with Crippen LogP contribution in [-0.4, -0.2) is 51.2 Å². The van der Waals surface area contributed by atoms with E-state index < -0.39 is 0 Å². The van der Waals surface area contributed by atoms with Crippen LogP contribution in [0.2, 0.25) is 5.02 Å². The van der Waals surface area contributed by atoms with E-state index in [0.717, 1.165) is 49.0 Å². The van der Waals surface area contributed by atoms with Gasteiger partial charge in [0.05, 0.1) is 5.02 Å². The number of H-pyrrole nitrogens is 1. The van der Waals surface area contributed by atoms with Gasteiger partial charge in [-0.2, -0.15) is 10.1 Å². The van der Waals surface area contributed by atoms with Gasteiger partial charge in [0, 0.05) is 61.8 Å². The Morgan fingerprint density at radius 1 is 1.19 bits per heavy atom. The molecule has 0 radical (unpaired) electrons. The van der Waals surface area contributed by atoms with Gasteiger partial charge < -0.3 is 10.2 Å². The molecule has 31 heavy (non-hydrogen) atoms. The van der Waals surface area contributed by atoms with Gasteiger partial charge in [0.25, 0.3) is 0 Å². The summed E-state index contributed by atoms with van der Waals surface area (Å²) in [6.07, 6.45) is 1.91. The second kappa shape index (κ2) is 9.20. The van der Waals surface area contributed by atoms with Gasteiger partial charge in [-0.1, -0.05) is 23.7 Å². The van der Waals surface area contributed by atoms with Gasteiger partial charge in [-0.05, 0) is 32.8 Å². The fourth-order valence-electron chi connectivity index (χ4n) is 3.93. The maximum atomic E-state index is 14.2. The first-order chi connectivity index (χ1) is 14.9. The highest BCUT2D eigenvalue weighted by Crippen LogP contribution is 2.25. The average Bonchev–Trinajstić information content (AvgIpc) is 3.15. The number of halogens is 2. The van der Waals surface area contributed by atoms with Crippen LogP contribution >= 0.6 is 11.6 Å². The van der Waals surface area contributed by atoms with E-state index in [2.05, 4.69) is 30.3 Å². The predicted molar refractivity (Wildman–Crippen MR) is 121 cm³/mol. The van der Waals surface area contributed by atoms with Crippen molar-refractivity contribution in [1.29, 1.82) is 0 Å². The molecular formula is C22H27ClFN7. The molecule has 1 fully saturated rings. The van der Waals surface area contributed by atoms with Crippen LogP contribution in [0.1, 0.15) is 29.8 Å². The second-order valence-corrected chi connectivity index (χ2v) is 8.49. The zero-order valence-corrected chi connectivity index (χ0v) is 18.7. The van der Waals surface area contributed by atoms with Crippen molar-refractivity contribution >= 4 is 29.2 Å². The van der Waals surface area contributed by atoms with Crippen LogP contribution in [-0.2, 0) is 6.54 Å². The normalized spacial score (nSPS) is 15.3. The molecule has 0 amide bonds. The van der Waals surface area contributed by atoms with Crippen molar-refractivity contribution in [3.8, 4) is 0 Å². The number of benzene rings is 1. The van der Waals surface area contributed by atoms with Gasteiger partial charge in [0.2, 0.25) is 5.95 Å². The van der Waals surface area contributed by atoms with Crippen molar-refractivity contribution in [2.75, 3.05) is 30.4 Å². The molecule has 3 aromatic rings. The Labute approximate surface area is 186 Å². The number of aryl methyl sites for hydroxylation is 2. The molecule has 0 atom stereocenters. The summed E-state index contributed by atoms with van der Waals surface area (Å²) >= 11 is 5.92. The van der Waals surface area contributed by atoms with Crippen LogP contribution in [0, 0.1) is 19.7 Å². The number of nitrogens with zero attached hydrogens (tertiary/aromatic N) is 5. The van der Waals surface area contributed by atoms with E-state index in [4.69, 9.17) is 16.6 Å². The lowest BCUT2D eigenvalue weighted by molar-refractivity contribution is 0.200. The Balaban J connectivity index is 1.39. The Bertz CT molecular complexity index is 1050. The summed E-state index contributed by atoms with van der Waals surface area (Å²) in [6, 6.07) is 9.34. The van der Waals surface area contributed by atoms with Crippen LogP contribution in [0.25, 0.3) is 0 Å². The highest BCUT2D eigenvalue weighted by molar-refractivity contribution is 6.30. The summed E-state index contributed by atoms with van der Waals surface area (Å²) in [5, 5.41) is 10.5. The van der Waals surface area contributed by atoms with Crippen molar-refractivity contribution in [2.45, 2.75) is 39.3 Å². The van der Waals surface area contributed by atoms with Gasteiger partial charge in [-0.25, -0.2) is 9.37 Å². The van der Waals surface area contributed by atoms with E-state index in [-0.39, 0.29) is 10.8 Å². The molecule has 4 rings (SSSR count). The zero-order valence-electron chi connectivity index (χ0n) is 18.0. The Morgan fingerprint density at radius 2 is 1.97 bits per heavy atom. The topological polar surface area (TPSA) is 73.0 Å². The molecule has 0 saturated carbocycles. The molecule has 1 aromatic carbocycles. The minimum Gasteiger partial charge on any atom is -0.341 e. The maximum absolute atomic E-state index is 14.2. The minimum atomic E-state index is -0.316. The van der Waals surface area contributed by atoms with Gasteiger partial charge >= 0.3 is 0 Å². The molecule has 0 unspecified atom stereocenters. The van der Waals surface area contributed by atoms with E-state index in [0.29, 0.717) is 24.1 Å². The lowest BCUT2D eigenvalue weighted by atomic mass is 10.0. The molecule has 2 aromatic heterocycles. The van der Waals surface area contributed by atoms with Crippen LogP contribution in [0.5, 0.6) is 0 Å². The highest BCUT2D eigenvalue weighted by atomic mass is 35.5. The number of rotatable bonds is 6. The first-order valence-electron chi connectivity index (χ1n) is 10.4. The lowest BCUT2D eigenvalue weighted by Crippen LogP contribution is -2.43. The fraction of sp³-hybridized carbons (Fsp3) is 0.409. The van der Waals surface area contributed by atoms with E-state index in [9.17, 15) is 4.39 Å². The molecule has 3 heterocycles. The predicted octanol–water partition coefficient (Wildman–Crippen LogP) is 4.45. The molecule has 1 saturated heterocycles. The average molecular weight is 444 g/mol. The molecule has 164 valence electrons. The van der Waals surface area contributed by atoms with Crippen molar-refractivity contribution in [2.24, 2.45) is 0 Å². The van der Waals surface area contributed by atoms with E-state index >= 15 is 0 Å². The number of hydrogen-bond acceptors (Lipinski definition) is 6. The zero-order chi connectivity index (χ0) is 22.0. The first kappa shape index (κ1) is 21.5. The third kappa shape index (κ3) is 5.14. The standard InChI is InChI=1S/C22H27ClFN7/c1-14-11-19(26-20-12-15(2)28-29-20)27-22(25-14)30(3)17-7-9-31(10-8-17)13-16-5-4-6-18(23)21(16)24/h4-6,11-12,17H,7-10,13H2,1-3H3,(H2,25,26,27,28,29). The summed E-state index contributed by atoms with van der Waals surface area (Å²) in [7, 11) is 2.04. The number of likely N-dealkylation sites (tertiary alicyclic amines) is 1. The van der Waals surface area contributed by atoms with Crippen LogP contribution in [0.15, 0.2) is 30.3 Å². The third-order valence-corrected chi connectivity index (χ3v) is 5.94. The number of aromatic amines is 1. The summed E-state index contributed by atoms with van der Waals surface area (Å²) in [4.78, 5) is 13.7. The number of aromatic nitrogens is 4. The number of nitrogens with one attached hydrogen (secondary N) is 2. The number of hydrogen-bond donors (Lipinski definition) is 2. The molecule has 1 aliphatic rings.